The van der Waals surface area contributed by atoms with Gasteiger partial charge in [0.05, 0.1) is 0 Å². The second-order valence-corrected chi connectivity index (χ2v) is 8.94. The summed E-state index contributed by atoms with van der Waals surface area (Å²) in [5, 5.41) is 3.71. The minimum atomic E-state index is -1.19. The quantitative estimate of drug-likeness (QED) is 0.694. The molecule has 0 saturated heterocycles. The molecule has 0 amide bonds. The molecule has 0 atom stereocenters. The Hall–Kier alpha value is -0.810. The maximum atomic E-state index is 3.71. The van der Waals surface area contributed by atoms with Crippen molar-refractivity contribution in [2.45, 2.75) is 13.1 Å². The molecule has 1 nitrogen and oxygen atoms in total. The molecule has 0 fully saturated rings. The first-order valence-corrected chi connectivity index (χ1v) is 8.36. The van der Waals surface area contributed by atoms with Crippen molar-refractivity contribution in [3.63, 3.8) is 0 Å². The predicted octanol–water partition coefficient (Wildman–Crippen LogP) is 3.57. The summed E-state index contributed by atoms with van der Waals surface area (Å²) in [4.78, 5) is 0. The van der Waals surface area contributed by atoms with Gasteiger partial charge in [-0.3, -0.25) is 0 Å². The van der Waals surface area contributed by atoms with Crippen LogP contribution in [0.15, 0.2) is 24.3 Å². The summed E-state index contributed by atoms with van der Waals surface area (Å²) < 4.78 is 0. The summed E-state index contributed by atoms with van der Waals surface area (Å²) in [6.45, 7) is 6.83. The van der Waals surface area contributed by atoms with Crippen LogP contribution in [-0.2, 0) is 6.16 Å². The maximum absolute atomic E-state index is 3.71. The zero-order valence-corrected chi connectivity index (χ0v) is 10.1. The molecule has 2 heteroatoms. The number of allylic oxidation sites excluding steroid dienone is 1. The number of fused-ring (bicyclic) bond motifs is 1. The third kappa shape index (κ3) is 1.69. The SMILES string of the molecule is C/C=C\c1cccc2c1N[PH](C)(C)C2. The number of hydrogen-bond donors (Lipinski definition) is 1. The molecule has 0 aliphatic carbocycles. The van der Waals surface area contributed by atoms with Crippen molar-refractivity contribution in [3.05, 3.63) is 35.4 Å². The summed E-state index contributed by atoms with van der Waals surface area (Å²) in [5.74, 6) is 0. The Bertz CT molecular complexity index is 380. The molecular formula is C12H18NP. The van der Waals surface area contributed by atoms with Gasteiger partial charge in [0.25, 0.3) is 0 Å². The Morgan fingerprint density at radius 2 is 2.14 bits per heavy atom. The number of para-hydroxylation sites is 1. The first-order chi connectivity index (χ1) is 6.62. The zero-order chi connectivity index (χ0) is 10.2. The van der Waals surface area contributed by atoms with E-state index in [1.807, 2.05) is 0 Å². The van der Waals surface area contributed by atoms with Gasteiger partial charge in [-0.15, -0.1) is 0 Å². The van der Waals surface area contributed by atoms with Gasteiger partial charge in [-0.1, -0.05) is 0 Å². The van der Waals surface area contributed by atoms with Crippen LogP contribution in [0.2, 0.25) is 0 Å². The van der Waals surface area contributed by atoms with Gasteiger partial charge < -0.3 is 0 Å². The van der Waals surface area contributed by atoms with E-state index in [4.69, 9.17) is 0 Å². The number of hydrogen-bond acceptors (Lipinski definition) is 1. The van der Waals surface area contributed by atoms with Gasteiger partial charge in [-0.25, -0.2) is 0 Å². The molecule has 0 unspecified atom stereocenters. The molecule has 1 aliphatic rings. The second-order valence-electron chi connectivity index (χ2n) is 4.57. The van der Waals surface area contributed by atoms with Gasteiger partial charge in [0.2, 0.25) is 0 Å². The molecular weight excluding hydrogens is 189 g/mol. The van der Waals surface area contributed by atoms with Crippen LogP contribution in [0.1, 0.15) is 18.1 Å². The number of benzene rings is 1. The molecule has 1 aliphatic heterocycles. The van der Waals surface area contributed by atoms with E-state index < -0.39 is 7.41 Å². The van der Waals surface area contributed by atoms with Gasteiger partial charge >= 0.3 is 86.1 Å². The van der Waals surface area contributed by atoms with Crippen molar-refractivity contribution in [1.29, 1.82) is 0 Å². The average molecular weight is 207 g/mol. The molecule has 1 aromatic carbocycles. The van der Waals surface area contributed by atoms with E-state index in [2.05, 4.69) is 55.7 Å². The van der Waals surface area contributed by atoms with Gasteiger partial charge in [0.15, 0.2) is 0 Å². The van der Waals surface area contributed by atoms with E-state index in [0.717, 1.165) is 0 Å². The van der Waals surface area contributed by atoms with Crippen molar-refractivity contribution in [3.8, 4) is 0 Å². The molecule has 0 bridgehead atoms. The fourth-order valence-electron chi connectivity index (χ4n) is 2.10. The normalized spacial score (nSPS) is 20.5. The summed E-state index contributed by atoms with van der Waals surface area (Å²) in [7, 11) is -1.19. The van der Waals surface area contributed by atoms with Crippen LogP contribution in [-0.4, -0.2) is 13.3 Å². The van der Waals surface area contributed by atoms with Gasteiger partial charge in [-0.05, 0) is 0 Å². The summed E-state index contributed by atoms with van der Waals surface area (Å²) >= 11 is 0. The van der Waals surface area contributed by atoms with E-state index >= 15 is 0 Å². The van der Waals surface area contributed by atoms with E-state index in [-0.39, 0.29) is 0 Å². The first kappa shape index (κ1) is 9.73. The second kappa shape index (κ2) is 3.40. The molecule has 0 aromatic heterocycles. The zero-order valence-electron chi connectivity index (χ0n) is 9.09. The Labute approximate surface area is 86.6 Å². The molecule has 0 radical (unpaired) electrons. The minimum absolute atomic E-state index is 1.19. The Balaban J connectivity index is 2.46. The van der Waals surface area contributed by atoms with Gasteiger partial charge in [0.1, 0.15) is 0 Å². The number of rotatable bonds is 1. The fourth-order valence-corrected chi connectivity index (χ4v) is 4.41. The monoisotopic (exact) mass is 207 g/mol. The molecule has 1 heterocycles. The van der Waals surface area contributed by atoms with Crippen molar-refractivity contribution in [1.82, 2.24) is 0 Å². The van der Waals surface area contributed by atoms with Crippen LogP contribution >= 0.6 is 7.41 Å². The van der Waals surface area contributed by atoms with Crippen molar-refractivity contribution in [2.75, 3.05) is 18.4 Å². The third-order valence-corrected chi connectivity index (χ3v) is 4.82. The standard InChI is InChI=1S/C12H18NP/c1-4-6-10-7-5-8-11-9-14(2,3)13-12(10)11/h4-8,13-14H,9H2,1-3H3/b6-4-. The fraction of sp³-hybridized carbons (Fsp3) is 0.333. The topological polar surface area (TPSA) is 12.0 Å². The van der Waals surface area contributed by atoms with E-state index in [9.17, 15) is 0 Å². The summed E-state index contributed by atoms with van der Waals surface area (Å²) in [6, 6.07) is 6.59. The molecule has 0 saturated carbocycles. The van der Waals surface area contributed by atoms with E-state index in [0.29, 0.717) is 0 Å². The summed E-state index contributed by atoms with van der Waals surface area (Å²) in [6.07, 6.45) is 5.54. The number of anilines is 1. The molecule has 14 heavy (non-hydrogen) atoms. The van der Waals surface area contributed by atoms with E-state index in [1.54, 1.807) is 0 Å². The van der Waals surface area contributed by atoms with Crippen LogP contribution in [0.4, 0.5) is 5.69 Å². The van der Waals surface area contributed by atoms with Crippen LogP contribution < -0.4 is 5.09 Å². The third-order valence-electron chi connectivity index (χ3n) is 2.62. The molecule has 1 N–H and O–H groups in total. The number of nitrogens with one attached hydrogen (secondary N) is 1. The molecule has 76 valence electrons. The van der Waals surface area contributed by atoms with Crippen molar-refractivity contribution >= 4 is 19.2 Å². The average Bonchev–Trinajstić information content (AvgIpc) is 2.41. The molecule has 1 aromatic rings. The van der Waals surface area contributed by atoms with Gasteiger partial charge in [-0.2, -0.15) is 0 Å². The van der Waals surface area contributed by atoms with E-state index in [1.165, 1.54) is 23.0 Å². The van der Waals surface area contributed by atoms with Crippen LogP contribution in [0.25, 0.3) is 6.08 Å². The van der Waals surface area contributed by atoms with Crippen molar-refractivity contribution < 1.29 is 0 Å². The summed E-state index contributed by atoms with van der Waals surface area (Å²) in [5.41, 5.74) is 4.21. The van der Waals surface area contributed by atoms with Crippen LogP contribution in [0, 0.1) is 0 Å². The molecule has 2 rings (SSSR count). The van der Waals surface area contributed by atoms with Gasteiger partial charge in [0, 0.05) is 0 Å². The van der Waals surface area contributed by atoms with Crippen LogP contribution in [0.5, 0.6) is 0 Å². The van der Waals surface area contributed by atoms with Crippen LogP contribution in [0.3, 0.4) is 0 Å². The predicted molar refractivity (Wildman–Crippen MR) is 68.6 cm³/mol. The Morgan fingerprint density at radius 3 is 2.86 bits per heavy atom. The Morgan fingerprint density at radius 1 is 1.36 bits per heavy atom. The molecule has 0 spiro atoms. The Kier molecular flexibility index (Phi) is 2.36. The van der Waals surface area contributed by atoms with Crippen molar-refractivity contribution in [2.24, 2.45) is 0 Å². The first-order valence-electron chi connectivity index (χ1n) is 5.15.